The van der Waals surface area contributed by atoms with Crippen LogP contribution in [0.4, 0.5) is 0 Å². The number of rotatable bonds is 40. The number of esters is 2. The van der Waals surface area contributed by atoms with E-state index in [2.05, 4.69) is 38.2 Å². The smallest absolute Gasteiger partial charge is 0.362 e. The molecule has 0 heterocycles. The van der Waals surface area contributed by atoms with Crippen LogP contribution in [0.1, 0.15) is 181 Å². The van der Waals surface area contributed by atoms with Gasteiger partial charge in [-0.2, -0.15) is 0 Å². The predicted molar refractivity (Wildman–Crippen MR) is 238 cm³/mol. The molecule has 328 valence electrons. The molecule has 0 radical (unpaired) electrons. The third-order valence-corrected chi connectivity index (χ3v) is 10.0. The Balaban J connectivity index is 4.38. The van der Waals surface area contributed by atoms with Crippen LogP contribution < -0.4 is 0 Å². The Labute approximate surface area is 349 Å². The zero-order valence-electron chi connectivity index (χ0n) is 37.3. The molecular formula is C49H86NO7+. The lowest BCUT2D eigenvalue weighted by Gasteiger charge is -2.31. The normalized spacial score (nSPS) is 13.5. The van der Waals surface area contributed by atoms with Crippen molar-refractivity contribution in [2.75, 3.05) is 41.0 Å². The molecule has 0 aliphatic heterocycles. The van der Waals surface area contributed by atoms with Crippen LogP contribution in [0.15, 0.2) is 60.8 Å². The van der Waals surface area contributed by atoms with Gasteiger partial charge in [0.2, 0.25) is 0 Å². The highest BCUT2D eigenvalue weighted by Crippen LogP contribution is 2.15. The number of allylic oxidation sites excluding steroid dienone is 10. The molecule has 8 nitrogen and oxygen atoms in total. The quantitative estimate of drug-likeness (QED) is 0.0285. The van der Waals surface area contributed by atoms with Crippen LogP contribution in [0.3, 0.4) is 0 Å². The van der Waals surface area contributed by atoms with Gasteiger partial charge in [-0.15, -0.1) is 0 Å². The second-order valence-electron chi connectivity index (χ2n) is 16.4. The van der Waals surface area contributed by atoms with E-state index in [1.54, 1.807) is 0 Å². The topological polar surface area (TPSA) is 99.1 Å². The van der Waals surface area contributed by atoms with E-state index < -0.39 is 18.1 Å². The van der Waals surface area contributed by atoms with E-state index in [1.165, 1.54) is 83.5 Å². The summed E-state index contributed by atoms with van der Waals surface area (Å²) in [5, 5.41) is 9.62. The molecule has 0 rings (SSSR count). The maximum absolute atomic E-state index is 12.7. The fraction of sp³-hybridized carbons (Fsp3) is 0.735. The van der Waals surface area contributed by atoms with Gasteiger partial charge in [0.15, 0.2) is 12.1 Å². The van der Waals surface area contributed by atoms with Crippen LogP contribution in [0.25, 0.3) is 0 Å². The number of nitrogens with zero attached hydrogens (tertiary/aromatic N) is 1. The largest absolute Gasteiger partial charge is 0.477 e. The highest BCUT2D eigenvalue weighted by Gasteiger charge is 2.31. The number of unbranched alkanes of at least 4 members (excludes halogenated alkanes) is 20. The molecule has 0 aliphatic carbocycles. The van der Waals surface area contributed by atoms with E-state index in [0.29, 0.717) is 19.3 Å². The maximum Gasteiger partial charge on any atom is 0.362 e. The van der Waals surface area contributed by atoms with E-state index in [-0.39, 0.29) is 36.2 Å². The first kappa shape index (κ1) is 54.0. The van der Waals surface area contributed by atoms with E-state index in [0.717, 1.165) is 64.2 Å². The summed E-state index contributed by atoms with van der Waals surface area (Å²) < 4.78 is 17.3. The minimum Gasteiger partial charge on any atom is -0.477 e. The van der Waals surface area contributed by atoms with Crippen LogP contribution in [0.2, 0.25) is 0 Å². The second kappa shape index (κ2) is 39.8. The predicted octanol–water partition coefficient (Wildman–Crippen LogP) is 12.6. The molecule has 0 aromatic carbocycles. The molecule has 2 atom stereocenters. The van der Waals surface area contributed by atoms with Crippen molar-refractivity contribution in [1.29, 1.82) is 0 Å². The standard InChI is InChI=1S/C49H85NO7/c1-6-8-10-12-14-16-18-20-22-23-24-26-27-29-31-33-35-37-39-47(51)56-44-45(43-55-42-41-46(49(53)54)50(3,4)5)57-48(52)40-38-36-34-32-30-28-25-21-19-17-15-13-11-9-7-2/h10,12,14,16,18,20,22-24,26,45-46H,6-9,11,13,15,17,19,21,25,27-44H2,1-5H3/p+1/b12-10+,16-14+,20-18+,23-22+,26-24+. The first-order chi connectivity index (χ1) is 27.6. The van der Waals surface area contributed by atoms with Gasteiger partial charge in [-0.3, -0.25) is 9.59 Å². The number of carbonyl (C=O) groups excluding carboxylic acids is 2. The van der Waals surface area contributed by atoms with Crippen LogP contribution in [0, 0.1) is 0 Å². The molecule has 57 heavy (non-hydrogen) atoms. The Morgan fingerprint density at radius 3 is 1.44 bits per heavy atom. The first-order valence-corrected chi connectivity index (χ1v) is 22.9. The molecule has 0 saturated carbocycles. The Morgan fingerprint density at radius 2 is 0.965 bits per heavy atom. The van der Waals surface area contributed by atoms with Gasteiger partial charge < -0.3 is 23.8 Å². The summed E-state index contributed by atoms with van der Waals surface area (Å²) >= 11 is 0. The van der Waals surface area contributed by atoms with Crippen molar-refractivity contribution in [2.45, 2.75) is 193 Å². The molecule has 0 aromatic rings. The second-order valence-corrected chi connectivity index (χ2v) is 16.4. The van der Waals surface area contributed by atoms with Crippen molar-refractivity contribution in [3.05, 3.63) is 60.8 Å². The third-order valence-electron chi connectivity index (χ3n) is 10.0. The molecule has 0 aliphatic rings. The molecule has 8 heteroatoms. The molecular weight excluding hydrogens is 715 g/mol. The zero-order valence-corrected chi connectivity index (χ0v) is 37.3. The van der Waals surface area contributed by atoms with Gasteiger partial charge in [-0.05, 0) is 32.1 Å². The number of quaternary nitrogens is 1. The first-order valence-electron chi connectivity index (χ1n) is 22.9. The van der Waals surface area contributed by atoms with Crippen LogP contribution in [-0.2, 0) is 28.6 Å². The number of likely N-dealkylation sites (N-methyl/N-ethyl adjacent to an activating group) is 1. The molecule has 1 N–H and O–H groups in total. The van der Waals surface area contributed by atoms with Crippen LogP contribution >= 0.6 is 0 Å². The average Bonchev–Trinajstić information content (AvgIpc) is 3.17. The molecule has 0 saturated heterocycles. The van der Waals surface area contributed by atoms with Crippen molar-refractivity contribution in [2.24, 2.45) is 0 Å². The Kier molecular flexibility index (Phi) is 37.8. The Bertz CT molecular complexity index is 1120. The molecule has 0 amide bonds. The number of carboxylic acids is 1. The number of carbonyl (C=O) groups is 3. The molecule has 0 spiro atoms. The summed E-state index contributed by atoms with van der Waals surface area (Å²) in [6.07, 6.45) is 48.2. The van der Waals surface area contributed by atoms with E-state index in [1.807, 2.05) is 57.6 Å². The fourth-order valence-corrected chi connectivity index (χ4v) is 6.47. The number of hydrogen-bond acceptors (Lipinski definition) is 6. The lowest BCUT2D eigenvalue weighted by atomic mass is 10.0. The summed E-state index contributed by atoms with van der Waals surface area (Å²) in [5.41, 5.74) is 0. The summed E-state index contributed by atoms with van der Waals surface area (Å²) in [4.78, 5) is 37.0. The Hall–Kier alpha value is -2.97. The monoisotopic (exact) mass is 801 g/mol. The molecule has 0 fully saturated rings. The summed E-state index contributed by atoms with van der Waals surface area (Å²) in [7, 11) is 5.52. The SMILES string of the molecule is CCC/C=C/C=C/C=C/C=C/C=C/CCCCCCCC(=O)OCC(COCCC(C(=O)O)[N+](C)(C)C)OC(=O)CCCCCCCCCCCCCCCCC. The zero-order chi connectivity index (χ0) is 42.1. The lowest BCUT2D eigenvalue weighted by molar-refractivity contribution is -0.887. The van der Waals surface area contributed by atoms with Crippen molar-refractivity contribution >= 4 is 17.9 Å². The van der Waals surface area contributed by atoms with Gasteiger partial charge in [-0.1, -0.05) is 190 Å². The number of ether oxygens (including phenoxy) is 3. The highest BCUT2D eigenvalue weighted by molar-refractivity contribution is 5.72. The molecule has 0 bridgehead atoms. The van der Waals surface area contributed by atoms with Gasteiger partial charge in [0.25, 0.3) is 0 Å². The van der Waals surface area contributed by atoms with Gasteiger partial charge in [0.1, 0.15) is 6.61 Å². The Morgan fingerprint density at radius 1 is 0.526 bits per heavy atom. The van der Waals surface area contributed by atoms with E-state index in [9.17, 15) is 19.5 Å². The van der Waals surface area contributed by atoms with Crippen molar-refractivity contribution < 1.29 is 38.2 Å². The molecule has 2 unspecified atom stereocenters. The average molecular weight is 801 g/mol. The van der Waals surface area contributed by atoms with Crippen LogP contribution in [0.5, 0.6) is 0 Å². The van der Waals surface area contributed by atoms with Crippen LogP contribution in [-0.4, -0.2) is 80.6 Å². The summed E-state index contributed by atoms with van der Waals surface area (Å²) in [6.45, 7) is 4.63. The lowest BCUT2D eigenvalue weighted by Crippen LogP contribution is -2.50. The highest BCUT2D eigenvalue weighted by atomic mass is 16.6. The van der Waals surface area contributed by atoms with Gasteiger partial charge in [-0.25, -0.2) is 4.79 Å². The van der Waals surface area contributed by atoms with Crippen molar-refractivity contribution in [1.82, 2.24) is 0 Å². The minimum atomic E-state index is -0.880. The van der Waals surface area contributed by atoms with E-state index >= 15 is 0 Å². The molecule has 0 aromatic heterocycles. The van der Waals surface area contributed by atoms with Gasteiger partial charge in [0, 0.05) is 19.3 Å². The van der Waals surface area contributed by atoms with Gasteiger partial charge in [0.05, 0.1) is 34.4 Å². The number of aliphatic carboxylic acids is 1. The summed E-state index contributed by atoms with van der Waals surface area (Å²) in [5.74, 6) is -1.50. The van der Waals surface area contributed by atoms with Crippen molar-refractivity contribution in [3.8, 4) is 0 Å². The fourth-order valence-electron chi connectivity index (χ4n) is 6.47. The third kappa shape index (κ3) is 38.3. The number of hydrogen-bond donors (Lipinski definition) is 1. The van der Waals surface area contributed by atoms with E-state index in [4.69, 9.17) is 14.2 Å². The summed E-state index contributed by atoms with van der Waals surface area (Å²) in [6, 6.07) is -0.619. The minimum absolute atomic E-state index is 0.0522. The maximum atomic E-state index is 12.7. The van der Waals surface area contributed by atoms with Gasteiger partial charge >= 0.3 is 17.9 Å². The van der Waals surface area contributed by atoms with Crippen molar-refractivity contribution in [3.63, 3.8) is 0 Å². The number of carboxylic acid groups (broad SMARTS) is 1.